The summed E-state index contributed by atoms with van der Waals surface area (Å²) in [6.07, 6.45) is 3.58. The molecule has 11 heteroatoms. The van der Waals surface area contributed by atoms with E-state index >= 15 is 0 Å². The molecule has 184 valence electrons. The lowest BCUT2D eigenvalue weighted by Gasteiger charge is -2.33. The zero-order valence-electron chi connectivity index (χ0n) is 20.1. The van der Waals surface area contributed by atoms with Crippen molar-refractivity contribution >= 4 is 23.6 Å². The van der Waals surface area contributed by atoms with Crippen LogP contribution in [-0.2, 0) is 9.53 Å². The van der Waals surface area contributed by atoms with Gasteiger partial charge in [0.25, 0.3) is 11.5 Å². The predicted octanol–water partition coefficient (Wildman–Crippen LogP) is 2.01. The highest BCUT2D eigenvalue weighted by Gasteiger charge is 2.30. The molecule has 0 radical (unpaired) electrons. The summed E-state index contributed by atoms with van der Waals surface area (Å²) in [5, 5.41) is 4.51. The molecule has 1 aliphatic heterocycles. The average molecular weight is 473 g/mol. The Bertz CT molecular complexity index is 1160. The zero-order chi connectivity index (χ0) is 24.6. The Morgan fingerprint density at radius 1 is 1.12 bits per heavy atom. The summed E-state index contributed by atoms with van der Waals surface area (Å²) in [6, 6.07) is 1.49. The molecule has 1 saturated heterocycles. The van der Waals surface area contributed by atoms with E-state index in [9.17, 15) is 19.2 Å². The van der Waals surface area contributed by atoms with Gasteiger partial charge in [0.15, 0.2) is 0 Å². The van der Waals surface area contributed by atoms with Crippen LogP contribution in [-0.4, -0.2) is 56.1 Å². The van der Waals surface area contributed by atoms with Crippen LogP contribution in [0.25, 0.3) is 5.65 Å². The van der Waals surface area contributed by atoms with E-state index in [1.807, 2.05) is 20.8 Å². The molecule has 3 N–H and O–H groups in total. The summed E-state index contributed by atoms with van der Waals surface area (Å²) in [7, 11) is 0. The number of ether oxygens (including phenoxy) is 1. The maximum atomic E-state index is 12.8. The molecule has 11 nitrogen and oxygen atoms in total. The number of hydrogen-bond donors (Lipinski definition) is 3. The number of nitrogens with one attached hydrogen (secondary N) is 3. The molecule has 1 saturated carbocycles. The number of carbonyl (C=O) groups excluding carboxylic acids is 3. The minimum absolute atomic E-state index is 0.0167. The number of piperidine rings is 1. The largest absolute Gasteiger partial charge is 0.444 e. The fourth-order valence-electron chi connectivity index (χ4n) is 4.38. The summed E-state index contributed by atoms with van der Waals surface area (Å²) in [6.45, 7) is 8.16. The number of amides is 3. The molecular weight excluding hydrogens is 440 g/mol. The number of hydrogen-bond acceptors (Lipinski definition) is 6. The quantitative estimate of drug-likeness (QED) is 0.584. The predicted molar refractivity (Wildman–Crippen MR) is 123 cm³/mol. The van der Waals surface area contributed by atoms with Crippen LogP contribution in [0.5, 0.6) is 0 Å². The van der Waals surface area contributed by atoms with Gasteiger partial charge in [-0.15, -0.1) is 0 Å². The highest BCUT2D eigenvalue weighted by atomic mass is 16.6. The van der Waals surface area contributed by atoms with Gasteiger partial charge in [0, 0.05) is 31.0 Å². The smallest absolute Gasteiger partial charge is 0.410 e. The molecule has 2 fully saturated rings. The van der Waals surface area contributed by atoms with E-state index in [0.29, 0.717) is 37.3 Å². The molecule has 0 unspecified atom stereocenters. The van der Waals surface area contributed by atoms with E-state index in [1.54, 1.807) is 16.3 Å². The van der Waals surface area contributed by atoms with Crippen molar-refractivity contribution in [3.8, 4) is 0 Å². The van der Waals surface area contributed by atoms with E-state index < -0.39 is 11.5 Å². The molecule has 0 spiro atoms. The molecule has 2 aliphatic rings. The Kier molecular flexibility index (Phi) is 6.37. The molecule has 4 rings (SSSR count). The number of likely N-dealkylation sites (tertiary alicyclic amines) is 1. The number of hydrazine groups is 1. The van der Waals surface area contributed by atoms with Gasteiger partial charge in [0.2, 0.25) is 5.91 Å². The van der Waals surface area contributed by atoms with Crippen molar-refractivity contribution in [2.24, 2.45) is 5.92 Å². The van der Waals surface area contributed by atoms with Gasteiger partial charge in [-0.25, -0.2) is 9.31 Å². The molecule has 2 aromatic rings. The minimum atomic E-state index is -0.562. The summed E-state index contributed by atoms with van der Waals surface area (Å²) in [5.41, 5.74) is 5.63. The van der Waals surface area contributed by atoms with Crippen molar-refractivity contribution in [1.29, 1.82) is 0 Å². The highest BCUT2D eigenvalue weighted by molar-refractivity contribution is 6.01. The average Bonchev–Trinajstić information content (AvgIpc) is 3.04. The van der Waals surface area contributed by atoms with Gasteiger partial charge < -0.3 is 14.6 Å². The third-order valence-corrected chi connectivity index (χ3v) is 6.39. The fraction of sp³-hybridized carbons (Fsp3) is 0.609. The van der Waals surface area contributed by atoms with Crippen LogP contribution in [0.3, 0.4) is 0 Å². The first-order valence-electron chi connectivity index (χ1n) is 11.7. The summed E-state index contributed by atoms with van der Waals surface area (Å²) in [4.78, 5) is 54.2. The van der Waals surface area contributed by atoms with Crippen molar-refractivity contribution < 1.29 is 19.1 Å². The van der Waals surface area contributed by atoms with Crippen molar-refractivity contribution in [1.82, 2.24) is 30.3 Å². The van der Waals surface area contributed by atoms with Crippen LogP contribution >= 0.6 is 0 Å². The van der Waals surface area contributed by atoms with Gasteiger partial charge in [-0.3, -0.25) is 25.2 Å². The summed E-state index contributed by atoms with van der Waals surface area (Å²) in [5.74, 6) is -0.826. The Balaban J connectivity index is 1.51. The van der Waals surface area contributed by atoms with Gasteiger partial charge >= 0.3 is 6.09 Å². The van der Waals surface area contributed by atoms with Crippen LogP contribution in [0.1, 0.15) is 80.5 Å². The third kappa shape index (κ3) is 4.92. The summed E-state index contributed by atoms with van der Waals surface area (Å²) >= 11 is 0. The van der Waals surface area contributed by atoms with Gasteiger partial charge in [-0.05, 0) is 53.4 Å². The first-order valence-corrected chi connectivity index (χ1v) is 11.7. The maximum absolute atomic E-state index is 12.8. The molecule has 34 heavy (non-hydrogen) atoms. The number of aryl methyl sites for hydroxylation is 1. The SMILES string of the molecule is Cc1nn2c(C3CCN(C(=O)OC(C)(C)C)CC3)cc(=O)[nH]c2c1C(=O)NNC(=O)C1CCC1. The molecule has 0 atom stereocenters. The molecule has 0 aromatic carbocycles. The van der Waals surface area contributed by atoms with Crippen LogP contribution in [0.15, 0.2) is 10.9 Å². The summed E-state index contributed by atoms with van der Waals surface area (Å²) < 4.78 is 7.05. The molecule has 0 bridgehead atoms. The second kappa shape index (κ2) is 9.11. The zero-order valence-corrected chi connectivity index (χ0v) is 20.1. The van der Waals surface area contributed by atoms with Crippen LogP contribution in [0, 0.1) is 12.8 Å². The number of nitrogens with zero attached hydrogens (tertiary/aromatic N) is 3. The second-order valence-electron chi connectivity index (χ2n) is 10.1. The Hall–Kier alpha value is -3.37. The van der Waals surface area contributed by atoms with Gasteiger partial charge in [0.05, 0.1) is 11.4 Å². The van der Waals surface area contributed by atoms with E-state index in [-0.39, 0.29) is 40.6 Å². The van der Waals surface area contributed by atoms with E-state index in [0.717, 1.165) is 19.3 Å². The van der Waals surface area contributed by atoms with Crippen LogP contribution in [0.2, 0.25) is 0 Å². The van der Waals surface area contributed by atoms with Crippen molar-refractivity contribution in [2.45, 2.75) is 71.3 Å². The monoisotopic (exact) mass is 472 g/mol. The molecule has 3 amide bonds. The van der Waals surface area contributed by atoms with Crippen molar-refractivity contribution in [2.75, 3.05) is 13.1 Å². The van der Waals surface area contributed by atoms with E-state index in [1.165, 1.54) is 6.07 Å². The molecule has 2 aromatic heterocycles. The maximum Gasteiger partial charge on any atom is 0.410 e. The molecular formula is C23H32N6O5. The van der Waals surface area contributed by atoms with Gasteiger partial charge in [-0.2, -0.15) is 5.10 Å². The molecule has 1 aliphatic carbocycles. The second-order valence-corrected chi connectivity index (χ2v) is 10.1. The lowest BCUT2D eigenvalue weighted by atomic mass is 9.85. The number of H-pyrrole nitrogens is 1. The van der Waals surface area contributed by atoms with Gasteiger partial charge in [-0.1, -0.05) is 6.42 Å². The van der Waals surface area contributed by atoms with Crippen LogP contribution in [0.4, 0.5) is 4.79 Å². The number of fused-ring (bicyclic) bond motifs is 1. The van der Waals surface area contributed by atoms with E-state index in [4.69, 9.17) is 4.74 Å². The third-order valence-electron chi connectivity index (χ3n) is 6.39. The topological polar surface area (TPSA) is 138 Å². The van der Waals surface area contributed by atoms with Gasteiger partial charge in [0.1, 0.15) is 16.8 Å². The van der Waals surface area contributed by atoms with Crippen molar-refractivity contribution in [3.63, 3.8) is 0 Å². The minimum Gasteiger partial charge on any atom is -0.444 e. The van der Waals surface area contributed by atoms with E-state index in [2.05, 4.69) is 20.9 Å². The Morgan fingerprint density at radius 2 is 1.79 bits per heavy atom. The van der Waals surface area contributed by atoms with Crippen LogP contribution < -0.4 is 16.4 Å². The molecule has 3 heterocycles. The standard InChI is InChI=1S/C23H32N6O5/c1-13-18(21(32)26-25-20(31)15-6-5-7-15)19-24-17(30)12-16(29(19)27-13)14-8-10-28(11-9-14)22(33)34-23(2,3)4/h12,14-15H,5-11H2,1-4H3,(H,24,30)(H,25,31)(H,26,32). The lowest BCUT2D eigenvalue weighted by Crippen LogP contribution is -2.46. The normalized spacial score (nSPS) is 17.4. The highest BCUT2D eigenvalue weighted by Crippen LogP contribution is 2.29. The number of aromatic nitrogens is 3. The Labute approximate surface area is 197 Å². The first-order chi connectivity index (χ1) is 16.0. The van der Waals surface area contributed by atoms with Crippen molar-refractivity contribution in [3.05, 3.63) is 33.4 Å². The number of carbonyl (C=O) groups is 3. The number of rotatable bonds is 3. The number of aromatic amines is 1. The fourth-order valence-corrected chi connectivity index (χ4v) is 4.38. The first kappa shape index (κ1) is 23.8. The lowest BCUT2D eigenvalue weighted by molar-refractivity contribution is -0.128. The Morgan fingerprint density at radius 3 is 2.38 bits per heavy atom.